The van der Waals surface area contributed by atoms with E-state index in [0.717, 1.165) is 19.3 Å². The quantitative estimate of drug-likeness (QED) is 0.305. The summed E-state index contributed by atoms with van der Waals surface area (Å²) >= 11 is 1.63. The summed E-state index contributed by atoms with van der Waals surface area (Å²) in [6, 6.07) is -1.21. The second-order valence-corrected chi connectivity index (χ2v) is 12.2. The Morgan fingerprint density at radius 1 is 1.34 bits per heavy atom. The maximum atomic E-state index is 14.3. The number of nitrogens with zero attached hydrogens (tertiary/aromatic N) is 2. The average molecular weight is 507 g/mol. The van der Waals surface area contributed by atoms with Gasteiger partial charge in [-0.1, -0.05) is 52.8 Å². The first kappa shape index (κ1) is 27.8. The third kappa shape index (κ3) is 4.80. The number of carbonyl (C=O) groups is 3. The first-order chi connectivity index (χ1) is 16.7. The second-order valence-electron chi connectivity index (χ2n) is 10.6. The summed E-state index contributed by atoms with van der Waals surface area (Å²) in [5, 5.41) is 10.3. The van der Waals surface area contributed by atoms with E-state index in [2.05, 4.69) is 27.0 Å². The van der Waals surface area contributed by atoms with E-state index >= 15 is 0 Å². The number of aliphatic hydroxyl groups excluding tert-OH is 1. The van der Waals surface area contributed by atoms with E-state index in [9.17, 15) is 19.5 Å². The van der Waals surface area contributed by atoms with Crippen molar-refractivity contribution in [3.8, 4) is 0 Å². The van der Waals surface area contributed by atoms with Crippen molar-refractivity contribution in [1.29, 1.82) is 0 Å². The number of rotatable bonds is 13. The minimum atomic E-state index is -0.727. The molecule has 0 aliphatic carbocycles. The van der Waals surface area contributed by atoms with Gasteiger partial charge in [0.1, 0.15) is 12.6 Å². The van der Waals surface area contributed by atoms with Crippen LogP contribution in [0.2, 0.25) is 0 Å². The first-order valence-corrected chi connectivity index (χ1v) is 13.8. The Kier molecular flexibility index (Phi) is 9.13. The largest absolute Gasteiger partial charge is 0.461 e. The monoisotopic (exact) mass is 506 g/mol. The maximum absolute atomic E-state index is 14.3. The summed E-state index contributed by atoms with van der Waals surface area (Å²) in [4.78, 5) is 45.1. The van der Waals surface area contributed by atoms with E-state index in [-0.39, 0.29) is 48.1 Å². The predicted molar refractivity (Wildman–Crippen MR) is 139 cm³/mol. The molecule has 0 aromatic carbocycles. The Bertz CT molecular complexity index is 832. The zero-order valence-electron chi connectivity index (χ0n) is 21.7. The predicted octanol–water partition coefficient (Wildman–Crippen LogP) is 3.27. The lowest BCUT2D eigenvalue weighted by Crippen LogP contribution is -2.59. The van der Waals surface area contributed by atoms with Crippen LogP contribution in [0.1, 0.15) is 53.4 Å². The molecule has 2 bridgehead atoms. The van der Waals surface area contributed by atoms with Gasteiger partial charge >= 0.3 is 5.97 Å². The molecular formula is C27H42N2O5S. The van der Waals surface area contributed by atoms with Crippen LogP contribution >= 0.6 is 11.8 Å². The third-order valence-electron chi connectivity index (χ3n) is 7.82. The van der Waals surface area contributed by atoms with Gasteiger partial charge in [0.25, 0.3) is 0 Å². The van der Waals surface area contributed by atoms with Crippen molar-refractivity contribution in [3.05, 3.63) is 25.3 Å². The molecule has 1 spiro atoms. The fourth-order valence-electron chi connectivity index (χ4n) is 6.43. The van der Waals surface area contributed by atoms with E-state index in [4.69, 9.17) is 4.74 Å². The fraction of sp³-hybridized carbons (Fsp3) is 0.741. The molecule has 35 heavy (non-hydrogen) atoms. The van der Waals surface area contributed by atoms with Gasteiger partial charge < -0.3 is 19.6 Å². The molecule has 2 amide bonds. The van der Waals surface area contributed by atoms with Gasteiger partial charge in [-0.25, -0.2) is 0 Å². The van der Waals surface area contributed by atoms with Crippen molar-refractivity contribution in [1.82, 2.24) is 9.80 Å². The molecule has 3 aliphatic heterocycles. The molecule has 3 rings (SSSR count). The molecule has 3 heterocycles. The summed E-state index contributed by atoms with van der Waals surface area (Å²) in [5.41, 5.74) is 0. The van der Waals surface area contributed by atoms with Crippen molar-refractivity contribution in [2.75, 3.05) is 26.3 Å². The van der Waals surface area contributed by atoms with Gasteiger partial charge in [0.2, 0.25) is 11.8 Å². The van der Waals surface area contributed by atoms with Crippen LogP contribution in [-0.2, 0) is 19.1 Å². The summed E-state index contributed by atoms with van der Waals surface area (Å²) in [6.07, 6.45) is 6.38. The van der Waals surface area contributed by atoms with Crippen LogP contribution in [0.4, 0.5) is 0 Å². The van der Waals surface area contributed by atoms with Crippen molar-refractivity contribution in [2.24, 2.45) is 23.7 Å². The molecule has 196 valence electrons. The summed E-state index contributed by atoms with van der Waals surface area (Å²) in [5.74, 6) is -1.61. The maximum Gasteiger partial charge on any atom is 0.311 e. The lowest BCUT2D eigenvalue weighted by atomic mass is 9.66. The van der Waals surface area contributed by atoms with Gasteiger partial charge in [0.15, 0.2) is 0 Å². The Morgan fingerprint density at radius 2 is 2.06 bits per heavy atom. The second kappa shape index (κ2) is 11.5. The van der Waals surface area contributed by atoms with Crippen LogP contribution in [-0.4, -0.2) is 81.1 Å². The Hall–Kier alpha value is -1.80. The highest BCUT2D eigenvalue weighted by Gasteiger charge is 2.77. The molecule has 0 aromatic heterocycles. The van der Waals surface area contributed by atoms with Crippen molar-refractivity contribution >= 4 is 29.5 Å². The number of aliphatic hydroxyl groups is 1. The van der Waals surface area contributed by atoms with Crippen LogP contribution in [0.25, 0.3) is 0 Å². The third-order valence-corrected chi connectivity index (χ3v) is 9.90. The van der Waals surface area contributed by atoms with E-state index in [1.54, 1.807) is 27.6 Å². The number of unbranched alkanes of at least 4 members (excludes halogenated alkanes) is 1. The minimum absolute atomic E-state index is 0.0603. The molecule has 3 aliphatic rings. The Morgan fingerprint density at radius 3 is 2.63 bits per heavy atom. The molecule has 0 aromatic rings. The number of esters is 1. The minimum Gasteiger partial charge on any atom is -0.461 e. The molecule has 3 saturated heterocycles. The summed E-state index contributed by atoms with van der Waals surface area (Å²) in [6.45, 7) is 16.6. The van der Waals surface area contributed by atoms with Crippen molar-refractivity contribution in [2.45, 2.75) is 75.5 Å². The number of hydrogen-bond acceptors (Lipinski definition) is 6. The Labute approximate surface area is 214 Å². The molecule has 3 fully saturated rings. The highest BCUT2D eigenvalue weighted by Crippen LogP contribution is 2.69. The van der Waals surface area contributed by atoms with Crippen LogP contribution in [0.5, 0.6) is 0 Å². The Balaban J connectivity index is 2.10. The van der Waals surface area contributed by atoms with Crippen LogP contribution in [0, 0.1) is 23.7 Å². The number of ether oxygens (including phenoxy) is 1. The average Bonchev–Trinajstić information content (AvgIpc) is 3.41. The fourth-order valence-corrected chi connectivity index (χ4v) is 8.82. The molecule has 0 radical (unpaired) electrons. The van der Waals surface area contributed by atoms with Crippen molar-refractivity contribution in [3.63, 3.8) is 0 Å². The number of thioether (sulfide) groups is 1. The number of amides is 2. The van der Waals surface area contributed by atoms with E-state index in [1.807, 2.05) is 13.8 Å². The van der Waals surface area contributed by atoms with E-state index in [1.165, 1.54) is 6.08 Å². The van der Waals surface area contributed by atoms with Gasteiger partial charge in [0, 0.05) is 18.3 Å². The van der Waals surface area contributed by atoms with Gasteiger partial charge in [-0.05, 0) is 31.1 Å². The highest BCUT2D eigenvalue weighted by molar-refractivity contribution is 8.02. The molecule has 3 unspecified atom stereocenters. The standard InChI is InChI=1S/C27H42N2O5S/c1-7-10-12-28(11-8-2)25(32)23-27-18(6)15-20(35-27)21(26(33)34-13-9-3)22(27)24(31)29(23)19(16-30)14-17(4)5/h8-9,17-23,30H,2-3,7,10-16H2,1,4-6H3/t18?,19-,20+,21-,22+,23?,27?/m1/s1. The first-order valence-electron chi connectivity index (χ1n) is 13.0. The van der Waals surface area contributed by atoms with E-state index in [0.29, 0.717) is 19.5 Å². The number of carbonyl (C=O) groups excluding carboxylic acids is 3. The van der Waals surface area contributed by atoms with Crippen LogP contribution in [0.3, 0.4) is 0 Å². The number of fused-ring (bicyclic) bond motifs is 1. The normalized spacial score (nSPS) is 32.0. The van der Waals surface area contributed by atoms with Gasteiger partial charge in [0.05, 0.1) is 29.2 Å². The lowest BCUT2D eigenvalue weighted by Gasteiger charge is -2.42. The molecule has 0 saturated carbocycles. The number of hydrogen-bond donors (Lipinski definition) is 1. The SMILES string of the molecule is C=CCOC(=O)[C@@H]1[C@@H]2CC(C)C3(S2)C(C(=O)N(CC=C)CCCC)N([C@@H](CO)CC(C)C)C(=O)[C@H]13. The molecule has 8 heteroatoms. The molecule has 7 nitrogen and oxygen atoms in total. The van der Waals surface area contributed by atoms with Crippen molar-refractivity contribution < 1.29 is 24.2 Å². The molecular weight excluding hydrogens is 464 g/mol. The van der Waals surface area contributed by atoms with Crippen LogP contribution in [0.15, 0.2) is 25.3 Å². The zero-order valence-corrected chi connectivity index (χ0v) is 22.5. The van der Waals surface area contributed by atoms with Gasteiger partial charge in [-0.15, -0.1) is 18.3 Å². The van der Waals surface area contributed by atoms with Crippen LogP contribution < -0.4 is 0 Å². The number of likely N-dealkylation sites (tertiary alicyclic amines) is 1. The van der Waals surface area contributed by atoms with Gasteiger partial charge in [-0.2, -0.15) is 0 Å². The van der Waals surface area contributed by atoms with E-state index < -0.39 is 28.7 Å². The zero-order chi connectivity index (χ0) is 25.9. The lowest BCUT2D eigenvalue weighted by molar-refractivity contribution is -0.154. The molecule has 7 atom stereocenters. The highest BCUT2D eigenvalue weighted by atomic mass is 32.2. The summed E-state index contributed by atoms with van der Waals surface area (Å²) in [7, 11) is 0. The smallest absolute Gasteiger partial charge is 0.311 e. The topological polar surface area (TPSA) is 87.2 Å². The van der Waals surface area contributed by atoms with Gasteiger partial charge in [-0.3, -0.25) is 14.4 Å². The summed E-state index contributed by atoms with van der Waals surface area (Å²) < 4.78 is 4.72. The molecule has 1 N–H and O–H groups in total.